The Balaban J connectivity index is 2.22. The summed E-state index contributed by atoms with van der Waals surface area (Å²) in [5, 5.41) is 9.38. The van der Waals surface area contributed by atoms with Crippen molar-refractivity contribution in [1.82, 2.24) is 9.80 Å². The zero-order valence-electron chi connectivity index (χ0n) is 9.12. The van der Waals surface area contributed by atoms with E-state index < -0.39 is 6.10 Å². The van der Waals surface area contributed by atoms with Crippen molar-refractivity contribution in [2.24, 2.45) is 0 Å². The summed E-state index contributed by atoms with van der Waals surface area (Å²) in [5.41, 5.74) is 0. The van der Waals surface area contributed by atoms with Crippen molar-refractivity contribution >= 4 is 11.6 Å². The summed E-state index contributed by atoms with van der Waals surface area (Å²) in [4.78, 5) is 4.56. The molecule has 1 aliphatic rings. The molecule has 1 rings (SSSR count). The third kappa shape index (κ3) is 3.73. The van der Waals surface area contributed by atoms with Gasteiger partial charge in [-0.05, 0) is 33.5 Å². The van der Waals surface area contributed by atoms with Crippen molar-refractivity contribution in [2.75, 3.05) is 39.6 Å². The fourth-order valence-corrected chi connectivity index (χ4v) is 2.15. The van der Waals surface area contributed by atoms with E-state index in [1.807, 2.05) is 7.05 Å². The van der Waals surface area contributed by atoms with E-state index >= 15 is 0 Å². The molecule has 0 radical (unpaired) electrons. The van der Waals surface area contributed by atoms with E-state index in [1.54, 1.807) is 0 Å². The lowest BCUT2D eigenvalue weighted by Gasteiger charge is -2.26. The Morgan fingerprint density at radius 1 is 1.64 bits per heavy atom. The van der Waals surface area contributed by atoms with Crippen molar-refractivity contribution in [2.45, 2.75) is 25.0 Å². The zero-order chi connectivity index (χ0) is 10.6. The van der Waals surface area contributed by atoms with Gasteiger partial charge in [0.2, 0.25) is 0 Å². The van der Waals surface area contributed by atoms with E-state index in [-0.39, 0.29) is 0 Å². The van der Waals surface area contributed by atoms with Crippen molar-refractivity contribution in [3.8, 4) is 0 Å². The van der Waals surface area contributed by atoms with Crippen LogP contribution in [-0.4, -0.2) is 66.7 Å². The van der Waals surface area contributed by atoms with Gasteiger partial charge in [-0.1, -0.05) is 0 Å². The van der Waals surface area contributed by atoms with Gasteiger partial charge in [-0.15, -0.1) is 11.6 Å². The summed E-state index contributed by atoms with van der Waals surface area (Å²) >= 11 is 5.55. The average Bonchev–Trinajstić information content (AvgIpc) is 2.51. The molecule has 2 unspecified atom stereocenters. The fraction of sp³-hybridized carbons (Fsp3) is 1.00. The molecule has 2 atom stereocenters. The van der Waals surface area contributed by atoms with Crippen LogP contribution in [0.25, 0.3) is 0 Å². The molecule has 0 spiro atoms. The molecule has 1 fully saturated rings. The molecule has 0 amide bonds. The average molecular weight is 221 g/mol. The Morgan fingerprint density at radius 2 is 2.36 bits per heavy atom. The predicted molar refractivity (Wildman–Crippen MR) is 59.9 cm³/mol. The van der Waals surface area contributed by atoms with Gasteiger partial charge in [0.25, 0.3) is 0 Å². The third-order valence-electron chi connectivity index (χ3n) is 2.89. The van der Waals surface area contributed by atoms with Gasteiger partial charge < -0.3 is 14.9 Å². The van der Waals surface area contributed by atoms with E-state index in [0.29, 0.717) is 18.5 Å². The van der Waals surface area contributed by atoms with Gasteiger partial charge in [0.15, 0.2) is 0 Å². The highest BCUT2D eigenvalue weighted by Crippen LogP contribution is 2.15. The Kier molecular flexibility index (Phi) is 5.17. The number of halogens is 1. The minimum atomic E-state index is -0.395. The van der Waals surface area contributed by atoms with E-state index in [9.17, 15) is 5.11 Å². The summed E-state index contributed by atoms with van der Waals surface area (Å²) in [6.07, 6.45) is 2.18. The number of nitrogens with zero attached hydrogens (tertiary/aromatic N) is 2. The number of aliphatic hydroxyl groups excluding tert-OH is 1. The van der Waals surface area contributed by atoms with Crippen LogP contribution in [-0.2, 0) is 0 Å². The first-order chi connectivity index (χ1) is 6.63. The minimum Gasteiger partial charge on any atom is -0.391 e. The van der Waals surface area contributed by atoms with Gasteiger partial charge >= 0.3 is 0 Å². The van der Waals surface area contributed by atoms with Crippen molar-refractivity contribution in [3.05, 3.63) is 0 Å². The molecule has 0 aliphatic carbocycles. The molecule has 1 heterocycles. The fourth-order valence-electron chi connectivity index (χ4n) is 2.05. The summed E-state index contributed by atoms with van der Waals surface area (Å²) in [7, 11) is 4.21. The second kappa shape index (κ2) is 5.91. The Bertz CT molecular complexity index is 168. The Morgan fingerprint density at radius 3 is 2.86 bits per heavy atom. The summed E-state index contributed by atoms with van der Waals surface area (Å²) in [5.74, 6) is 0.324. The van der Waals surface area contributed by atoms with Crippen LogP contribution in [0.15, 0.2) is 0 Å². The molecule has 3 nitrogen and oxygen atoms in total. The number of likely N-dealkylation sites (N-methyl/N-ethyl adjacent to an activating group) is 2. The Labute approximate surface area is 91.6 Å². The largest absolute Gasteiger partial charge is 0.391 e. The van der Waals surface area contributed by atoms with Gasteiger partial charge in [-0.25, -0.2) is 0 Å². The molecule has 0 bridgehead atoms. The summed E-state index contributed by atoms with van der Waals surface area (Å²) < 4.78 is 0. The van der Waals surface area contributed by atoms with Crippen molar-refractivity contribution in [1.29, 1.82) is 0 Å². The van der Waals surface area contributed by atoms with E-state index in [2.05, 4.69) is 16.8 Å². The van der Waals surface area contributed by atoms with Gasteiger partial charge in [0.1, 0.15) is 0 Å². The molecule has 0 aromatic rings. The van der Waals surface area contributed by atoms with Crippen LogP contribution < -0.4 is 0 Å². The molecule has 4 heteroatoms. The van der Waals surface area contributed by atoms with Gasteiger partial charge in [-0.2, -0.15) is 0 Å². The van der Waals surface area contributed by atoms with Crippen LogP contribution in [0, 0.1) is 0 Å². The van der Waals surface area contributed by atoms with Crippen LogP contribution >= 0.6 is 11.6 Å². The third-order valence-corrected chi connectivity index (χ3v) is 3.25. The highest BCUT2D eigenvalue weighted by molar-refractivity contribution is 6.18. The molecule has 0 saturated carbocycles. The van der Waals surface area contributed by atoms with Crippen LogP contribution in [0.3, 0.4) is 0 Å². The summed E-state index contributed by atoms with van der Waals surface area (Å²) in [6, 6.07) is 0.655. The number of alkyl halides is 1. The maximum Gasteiger partial charge on any atom is 0.0802 e. The number of likely N-dealkylation sites (tertiary alicyclic amines) is 1. The summed E-state index contributed by atoms with van der Waals surface area (Å²) in [6.45, 7) is 2.91. The minimum absolute atomic E-state index is 0.324. The maximum absolute atomic E-state index is 9.38. The van der Waals surface area contributed by atoms with Crippen molar-refractivity contribution in [3.63, 3.8) is 0 Å². The molecule has 1 N–H and O–H groups in total. The lowest BCUT2D eigenvalue weighted by atomic mass is 10.2. The SMILES string of the molecule is CN(CC(O)CCl)CC1CCCN1C. The first kappa shape index (κ1) is 12.2. The first-order valence-electron chi connectivity index (χ1n) is 5.26. The monoisotopic (exact) mass is 220 g/mol. The number of hydrogen-bond donors (Lipinski definition) is 1. The molecule has 14 heavy (non-hydrogen) atoms. The topological polar surface area (TPSA) is 26.7 Å². The first-order valence-corrected chi connectivity index (χ1v) is 5.79. The zero-order valence-corrected chi connectivity index (χ0v) is 9.87. The van der Waals surface area contributed by atoms with E-state index in [1.165, 1.54) is 19.4 Å². The number of aliphatic hydroxyl groups is 1. The second-order valence-corrected chi connectivity index (χ2v) is 4.61. The van der Waals surface area contributed by atoms with Gasteiger partial charge in [0.05, 0.1) is 6.10 Å². The predicted octanol–water partition coefficient (Wildman–Crippen LogP) is 0.612. The highest BCUT2D eigenvalue weighted by Gasteiger charge is 2.22. The van der Waals surface area contributed by atoms with Crippen LogP contribution in [0.1, 0.15) is 12.8 Å². The molecule has 0 aromatic carbocycles. The van der Waals surface area contributed by atoms with Crippen LogP contribution in [0.2, 0.25) is 0 Å². The second-order valence-electron chi connectivity index (χ2n) is 4.31. The molecular formula is C10H21ClN2O. The van der Waals surface area contributed by atoms with Gasteiger partial charge in [-0.3, -0.25) is 0 Å². The maximum atomic E-state index is 9.38. The Hall–Kier alpha value is 0.170. The molecule has 84 valence electrons. The van der Waals surface area contributed by atoms with E-state index in [4.69, 9.17) is 11.6 Å². The highest BCUT2D eigenvalue weighted by atomic mass is 35.5. The lowest BCUT2D eigenvalue weighted by molar-refractivity contribution is 0.127. The van der Waals surface area contributed by atoms with Gasteiger partial charge in [0, 0.05) is 25.0 Å². The molecule has 1 aliphatic heterocycles. The molecular weight excluding hydrogens is 200 g/mol. The van der Waals surface area contributed by atoms with E-state index in [0.717, 1.165) is 6.54 Å². The number of hydrogen-bond acceptors (Lipinski definition) is 3. The lowest BCUT2D eigenvalue weighted by Crippen LogP contribution is -2.40. The van der Waals surface area contributed by atoms with Crippen LogP contribution in [0.5, 0.6) is 0 Å². The van der Waals surface area contributed by atoms with Crippen LogP contribution in [0.4, 0.5) is 0 Å². The molecule has 1 saturated heterocycles. The molecule has 0 aromatic heterocycles. The number of rotatable bonds is 5. The normalized spacial score (nSPS) is 25.9. The standard InChI is InChI=1S/C10H21ClN2O/c1-12(8-10(14)6-11)7-9-4-3-5-13(9)2/h9-10,14H,3-8H2,1-2H3. The quantitative estimate of drug-likeness (QED) is 0.688. The smallest absolute Gasteiger partial charge is 0.0802 e. The van der Waals surface area contributed by atoms with Crippen molar-refractivity contribution < 1.29 is 5.11 Å².